The van der Waals surface area contributed by atoms with Crippen molar-refractivity contribution in [3.8, 4) is 0 Å². The molecule has 0 aliphatic carbocycles. The van der Waals surface area contributed by atoms with E-state index >= 15 is 0 Å². The molecule has 0 aliphatic heterocycles. The van der Waals surface area contributed by atoms with Crippen LogP contribution in [0.2, 0.25) is 0 Å². The number of benzene rings is 2. The number of nitrogen functional groups attached to an aromatic ring is 1. The summed E-state index contributed by atoms with van der Waals surface area (Å²) in [7, 11) is 3.61. The summed E-state index contributed by atoms with van der Waals surface area (Å²) in [4.78, 5) is 20.1. The van der Waals surface area contributed by atoms with Gasteiger partial charge in [0.05, 0.1) is 28.5 Å². The minimum absolute atomic E-state index is 0.0395. The first kappa shape index (κ1) is 16.8. The Hall–Kier alpha value is -3.68. The van der Waals surface area contributed by atoms with Crippen LogP contribution in [-0.4, -0.2) is 45.7 Å². The molecule has 0 bridgehead atoms. The smallest absolute Gasteiger partial charge is 0.127 e. The van der Waals surface area contributed by atoms with Crippen molar-refractivity contribution in [1.82, 2.24) is 25.3 Å². The molecule has 0 amide bonds. The fraction of sp³-hybridized carbons (Fsp3) is 0.158. The maximum atomic E-state index is 7.55. The summed E-state index contributed by atoms with van der Waals surface area (Å²) in [5.41, 5.74) is 10.8. The average molecular weight is 360 g/mol. The summed E-state index contributed by atoms with van der Waals surface area (Å²) >= 11 is 0. The molecule has 2 heterocycles. The van der Waals surface area contributed by atoms with Crippen molar-refractivity contribution in [1.29, 1.82) is 5.41 Å². The quantitative estimate of drug-likeness (QED) is 0.281. The second kappa shape index (κ2) is 6.56. The van der Waals surface area contributed by atoms with E-state index in [1.807, 2.05) is 37.4 Å². The molecule has 2 aromatic carbocycles. The molecule has 0 fully saturated rings. The highest BCUT2D eigenvalue weighted by molar-refractivity contribution is 6.01. The Morgan fingerprint density at radius 2 is 1.59 bits per heavy atom. The lowest BCUT2D eigenvalue weighted by Gasteiger charge is -2.03. The van der Waals surface area contributed by atoms with Gasteiger partial charge in [0.1, 0.15) is 23.3 Å². The number of nitrogens with two attached hydrogens (primary N) is 1. The van der Waals surface area contributed by atoms with E-state index in [0.717, 1.165) is 45.1 Å². The fourth-order valence-corrected chi connectivity index (χ4v) is 3.15. The van der Waals surface area contributed by atoms with E-state index < -0.39 is 0 Å². The largest absolute Gasteiger partial charge is 0.384 e. The van der Waals surface area contributed by atoms with Crippen LogP contribution in [-0.2, 0) is 6.42 Å². The van der Waals surface area contributed by atoms with Crippen LogP contribution < -0.4 is 11.1 Å². The summed E-state index contributed by atoms with van der Waals surface area (Å²) in [5.74, 6) is 2.49. The maximum Gasteiger partial charge on any atom is 0.127 e. The third-order valence-corrected chi connectivity index (χ3v) is 4.44. The number of rotatable bonds is 4. The van der Waals surface area contributed by atoms with Gasteiger partial charge in [-0.05, 0) is 36.4 Å². The number of nitrogens with zero attached hydrogens (tertiary/aromatic N) is 3. The number of aromatic amines is 2. The summed E-state index contributed by atoms with van der Waals surface area (Å²) in [5, 5.41) is 10.6. The first-order valence-corrected chi connectivity index (χ1v) is 8.54. The molecule has 8 heteroatoms. The lowest BCUT2D eigenvalue weighted by Crippen LogP contribution is -2.19. The zero-order chi connectivity index (χ0) is 19.0. The lowest BCUT2D eigenvalue weighted by atomic mass is 10.2. The van der Waals surface area contributed by atoms with Crippen LogP contribution in [0.15, 0.2) is 41.4 Å². The zero-order valence-electron chi connectivity index (χ0n) is 15.1. The first-order valence-electron chi connectivity index (χ1n) is 8.54. The van der Waals surface area contributed by atoms with Crippen LogP contribution in [0.5, 0.6) is 0 Å². The monoisotopic (exact) mass is 360 g/mol. The minimum atomic E-state index is 0.0395. The first-order chi connectivity index (χ1) is 13.1. The van der Waals surface area contributed by atoms with Gasteiger partial charge in [-0.15, -0.1) is 0 Å². The molecule has 4 rings (SSSR count). The fourth-order valence-electron chi connectivity index (χ4n) is 3.15. The second-order valence-electron chi connectivity index (χ2n) is 6.24. The van der Waals surface area contributed by atoms with Crippen molar-refractivity contribution in [2.45, 2.75) is 6.42 Å². The molecule has 8 nitrogen and oxygen atoms in total. The molecule has 4 aromatic rings. The maximum absolute atomic E-state index is 7.55. The Kier molecular flexibility index (Phi) is 4.08. The van der Waals surface area contributed by atoms with E-state index in [4.69, 9.17) is 11.1 Å². The molecule has 0 unspecified atom stereocenters. The number of hydrogen-bond donors (Lipinski definition) is 5. The summed E-state index contributed by atoms with van der Waals surface area (Å²) in [6.07, 6.45) is 0.550. The molecule has 6 N–H and O–H groups in total. The molecule has 0 saturated heterocycles. The predicted octanol–water partition coefficient (Wildman–Crippen LogP) is 1.91. The van der Waals surface area contributed by atoms with Gasteiger partial charge in [0.25, 0.3) is 0 Å². The Morgan fingerprint density at radius 3 is 2.11 bits per heavy atom. The van der Waals surface area contributed by atoms with Crippen molar-refractivity contribution in [3.05, 3.63) is 59.2 Å². The van der Waals surface area contributed by atoms with E-state index in [9.17, 15) is 0 Å². The Morgan fingerprint density at radius 1 is 1.04 bits per heavy atom. The Labute approximate surface area is 155 Å². The molecule has 0 saturated carbocycles. The Bertz CT molecular complexity index is 1180. The van der Waals surface area contributed by atoms with Gasteiger partial charge in [-0.25, -0.2) is 9.97 Å². The van der Waals surface area contributed by atoms with E-state index in [0.29, 0.717) is 12.0 Å². The molecular weight excluding hydrogens is 340 g/mol. The van der Waals surface area contributed by atoms with Gasteiger partial charge in [0.15, 0.2) is 0 Å². The molecule has 0 aliphatic rings. The number of H-pyrrole nitrogens is 2. The molecule has 136 valence electrons. The van der Waals surface area contributed by atoms with Crippen LogP contribution >= 0.6 is 0 Å². The lowest BCUT2D eigenvalue weighted by molar-refractivity contribution is 0.960. The van der Waals surface area contributed by atoms with Gasteiger partial charge in [0, 0.05) is 25.2 Å². The third-order valence-electron chi connectivity index (χ3n) is 4.44. The number of hydrogen-bond acceptors (Lipinski definition) is 4. The molecule has 2 aromatic heterocycles. The van der Waals surface area contributed by atoms with Crippen LogP contribution in [0.4, 0.5) is 0 Å². The van der Waals surface area contributed by atoms with E-state index in [1.165, 1.54) is 0 Å². The number of aliphatic imine (C=N–C) groups is 1. The highest BCUT2D eigenvalue weighted by Gasteiger charge is 2.10. The van der Waals surface area contributed by atoms with Crippen LogP contribution in [0, 0.1) is 5.41 Å². The second-order valence-corrected chi connectivity index (χ2v) is 6.24. The zero-order valence-corrected chi connectivity index (χ0v) is 15.1. The van der Waals surface area contributed by atoms with Crippen LogP contribution in [0.3, 0.4) is 0 Å². The molecule has 0 radical (unpaired) electrons. The van der Waals surface area contributed by atoms with Crippen LogP contribution in [0.25, 0.3) is 22.1 Å². The van der Waals surface area contributed by atoms with Gasteiger partial charge in [-0.2, -0.15) is 0 Å². The predicted molar refractivity (Wildman–Crippen MR) is 108 cm³/mol. The highest BCUT2D eigenvalue weighted by atomic mass is 15.0. The van der Waals surface area contributed by atoms with Crippen molar-refractivity contribution < 1.29 is 0 Å². The molecule has 27 heavy (non-hydrogen) atoms. The normalized spacial score (nSPS) is 12.0. The summed E-state index contributed by atoms with van der Waals surface area (Å²) in [6, 6.07) is 11.5. The summed E-state index contributed by atoms with van der Waals surface area (Å²) < 4.78 is 0. The van der Waals surface area contributed by atoms with Gasteiger partial charge < -0.3 is 21.0 Å². The van der Waals surface area contributed by atoms with Crippen molar-refractivity contribution in [3.63, 3.8) is 0 Å². The number of fused-ring (bicyclic) bond motifs is 2. The van der Waals surface area contributed by atoms with Crippen molar-refractivity contribution >= 4 is 33.7 Å². The van der Waals surface area contributed by atoms with Crippen molar-refractivity contribution in [2.75, 3.05) is 14.1 Å². The van der Waals surface area contributed by atoms with Crippen molar-refractivity contribution in [2.24, 2.45) is 10.7 Å². The molecule has 0 spiro atoms. The highest BCUT2D eigenvalue weighted by Crippen LogP contribution is 2.18. The molecule has 0 atom stereocenters. The van der Waals surface area contributed by atoms with Gasteiger partial charge >= 0.3 is 0 Å². The van der Waals surface area contributed by atoms with E-state index in [1.54, 1.807) is 13.1 Å². The molecular formula is C19H20N8. The topological polar surface area (TPSA) is 132 Å². The number of nitrogens with one attached hydrogen (secondary N) is 4. The number of imidazole rings is 2. The number of amidine groups is 2. The van der Waals surface area contributed by atoms with Gasteiger partial charge in [-0.1, -0.05) is 0 Å². The Balaban J connectivity index is 1.65. The van der Waals surface area contributed by atoms with Crippen LogP contribution in [0.1, 0.15) is 22.8 Å². The van der Waals surface area contributed by atoms with Gasteiger partial charge in [-0.3, -0.25) is 10.4 Å². The van der Waals surface area contributed by atoms with E-state index in [2.05, 4.69) is 30.2 Å². The average Bonchev–Trinajstić information content (AvgIpc) is 3.24. The van der Waals surface area contributed by atoms with Gasteiger partial charge in [0.2, 0.25) is 0 Å². The van der Waals surface area contributed by atoms with E-state index in [-0.39, 0.29) is 5.84 Å². The summed E-state index contributed by atoms with van der Waals surface area (Å²) in [6.45, 7) is 0. The minimum Gasteiger partial charge on any atom is -0.384 e. The standard InChI is InChI=1S/C19H20N8/c1-22-19(23-2)11-4-6-13-15(8-11)27-17(25-13)9-16-24-12-5-3-10(18(20)21)7-14(12)26-16/h3-8H,9H2,1-2H3,(H3,20,21)(H,22,23)(H,24,26)(H,25,27). The third kappa shape index (κ3) is 3.12. The number of aromatic nitrogens is 4. The SMILES string of the molecule is CN=C(NC)c1ccc2nc(Cc3nc4ccc(C(=N)N)cc4[nH]3)[nH]c2c1.